The van der Waals surface area contributed by atoms with Crippen molar-refractivity contribution in [3.8, 4) is 28.8 Å². The first-order chi connectivity index (χ1) is 16.0. The Morgan fingerprint density at radius 2 is 1.88 bits per heavy atom. The summed E-state index contributed by atoms with van der Waals surface area (Å²) in [6, 6.07) is 13.5. The summed E-state index contributed by atoms with van der Waals surface area (Å²) < 4.78 is 18.0. The molecule has 9 nitrogen and oxygen atoms in total. The van der Waals surface area contributed by atoms with Crippen molar-refractivity contribution < 1.29 is 19.0 Å². The molecule has 0 aliphatic rings. The number of nitrogens with one attached hydrogen (secondary N) is 1. The first-order valence-corrected chi connectivity index (χ1v) is 10.6. The number of hydrogen-bond donors (Lipinski definition) is 1. The van der Waals surface area contributed by atoms with E-state index in [1.807, 2.05) is 6.07 Å². The number of halogens is 2. The molecule has 0 unspecified atom stereocenters. The van der Waals surface area contributed by atoms with E-state index >= 15 is 0 Å². The molecule has 4 rings (SSSR count). The smallest absolute Gasteiger partial charge is 0.252 e. The van der Waals surface area contributed by atoms with Crippen LogP contribution in [0.2, 0.25) is 10.0 Å². The summed E-state index contributed by atoms with van der Waals surface area (Å²) in [5.41, 5.74) is 1.53. The Kier molecular flexibility index (Phi) is 6.81. The molecule has 4 aromatic rings. The predicted molar refractivity (Wildman–Crippen MR) is 124 cm³/mol. The monoisotopic (exact) mass is 487 g/mol. The molecule has 2 aromatic heterocycles. The van der Waals surface area contributed by atoms with Gasteiger partial charge in [-0.05, 0) is 36.4 Å². The lowest BCUT2D eigenvalue weighted by Gasteiger charge is -2.10. The van der Waals surface area contributed by atoms with Crippen LogP contribution in [-0.2, 0) is 0 Å². The fraction of sp³-hybridized carbons (Fsp3) is 0.182. The minimum absolute atomic E-state index is 0.186. The Morgan fingerprint density at radius 1 is 1.03 bits per heavy atom. The summed E-state index contributed by atoms with van der Waals surface area (Å²) >= 11 is 12.0. The van der Waals surface area contributed by atoms with Gasteiger partial charge in [-0.25, -0.2) is 0 Å². The van der Waals surface area contributed by atoms with E-state index in [1.54, 1.807) is 55.1 Å². The summed E-state index contributed by atoms with van der Waals surface area (Å²) in [5.74, 6) is 1.70. The molecular weight excluding hydrogens is 469 g/mol. The summed E-state index contributed by atoms with van der Waals surface area (Å²) in [6.45, 7) is 0.425. The topological polar surface area (TPSA) is 99.9 Å². The highest BCUT2D eigenvalue weighted by molar-refractivity contribution is 6.35. The van der Waals surface area contributed by atoms with Crippen LogP contribution < -0.4 is 19.5 Å². The zero-order valence-electron chi connectivity index (χ0n) is 17.7. The first kappa shape index (κ1) is 22.6. The summed E-state index contributed by atoms with van der Waals surface area (Å²) in [5, 5.41) is 16.3. The van der Waals surface area contributed by atoms with Gasteiger partial charge in [0.15, 0.2) is 11.5 Å². The highest BCUT2D eigenvalue weighted by Gasteiger charge is 2.16. The maximum atomic E-state index is 12.3. The molecule has 2 aromatic carbocycles. The van der Waals surface area contributed by atoms with E-state index in [4.69, 9.17) is 37.4 Å². The maximum Gasteiger partial charge on any atom is 0.252 e. The number of aromatic nitrogens is 4. The number of methoxy groups -OCH3 is 2. The second kappa shape index (κ2) is 9.93. The zero-order chi connectivity index (χ0) is 23.4. The van der Waals surface area contributed by atoms with E-state index in [0.717, 1.165) is 0 Å². The fourth-order valence-corrected chi connectivity index (χ4v) is 3.46. The molecule has 0 bridgehead atoms. The van der Waals surface area contributed by atoms with E-state index in [2.05, 4.69) is 20.6 Å². The normalized spacial score (nSPS) is 10.8. The summed E-state index contributed by atoms with van der Waals surface area (Å²) in [4.78, 5) is 12.3. The third-order valence-corrected chi connectivity index (χ3v) is 5.26. The standard InChI is InChI=1S/C22H19Cl2N5O4/c1-31-14-4-5-15(18(12-14)32-2)21-27-26-19-7-8-20(28-29(19)21)33-10-9-25-22(30)16-11-13(23)3-6-17(16)24/h3-8,11-12H,9-10H2,1-2H3,(H,25,30). The molecule has 2 heterocycles. The van der Waals surface area contributed by atoms with Crippen LogP contribution in [0.1, 0.15) is 10.4 Å². The molecule has 0 saturated carbocycles. The number of nitrogens with zero attached hydrogens (tertiary/aromatic N) is 4. The van der Waals surface area contributed by atoms with Crippen molar-refractivity contribution in [2.45, 2.75) is 0 Å². The molecule has 33 heavy (non-hydrogen) atoms. The van der Waals surface area contributed by atoms with Crippen molar-refractivity contribution in [2.24, 2.45) is 0 Å². The minimum Gasteiger partial charge on any atom is -0.497 e. The number of fused-ring (bicyclic) bond motifs is 1. The lowest BCUT2D eigenvalue weighted by atomic mass is 10.2. The minimum atomic E-state index is -0.345. The third kappa shape index (κ3) is 4.94. The lowest BCUT2D eigenvalue weighted by Crippen LogP contribution is -2.28. The predicted octanol–water partition coefficient (Wildman–Crippen LogP) is 3.92. The van der Waals surface area contributed by atoms with Gasteiger partial charge in [-0.3, -0.25) is 4.79 Å². The number of ether oxygens (including phenoxy) is 3. The van der Waals surface area contributed by atoms with Crippen LogP contribution >= 0.6 is 23.2 Å². The molecule has 0 aliphatic carbocycles. The Labute approximate surface area is 199 Å². The quantitative estimate of drug-likeness (QED) is 0.375. The van der Waals surface area contributed by atoms with Gasteiger partial charge in [0, 0.05) is 17.2 Å². The molecule has 1 amide bonds. The van der Waals surface area contributed by atoms with Crippen molar-refractivity contribution in [1.82, 2.24) is 25.1 Å². The molecule has 11 heteroatoms. The van der Waals surface area contributed by atoms with Gasteiger partial charge < -0.3 is 19.5 Å². The fourth-order valence-electron chi connectivity index (χ4n) is 3.09. The van der Waals surface area contributed by atoms with Crippen LogP contribution in [-0.4, -0.2) is 53.1 Å². The van der Waals surface area contributed by atoms with Gasteiger partial charge in [0.1, 0.15) is 18.1 Å². The molecular formula is C22H19Cl2N5O4. The largest absolute Gasteiger partial charge is 0.497 e. The van der Waals surface area contributed by atoms with Crippen molar-refractivity contribution in [1.29, 1.82) is 0 Å². The Balaban J connectivity index is 1.46. The number of carbonyl (C=O) groups excluding carboxylic acids is 1. The number of carbonyl (C=O) groups is 1. The van der Waals surface area contributed by atoms with Gasteiger partial charge in [0.25, 0.3) is 5.91 Å². The highest BCUT2D eigenvalue weighted by atomic mass is 35.5. The van der Waals surface area contributed by atoms with Crippen LogP contribution in [0, 0.1) is 0 Å². The van der Waals surface area contributed by atoms with Gasteiger partial charge in [0.05, 0.1) is 36.9 Å². The molecule has 0 spiro atoms. The third-order valence-electron chi connectivity index (χ3n) is 4.70. The summed E-state index contributed by atoms with van der Waals surface area (Å²) in [7, 11) is 3.15. The van der Waals surface area contributed by atoms with Crippen molar-refractivity contribution in [3.63, 3.8) is 0 Å². The molecule has 0 aliphatic heterocycles. The van der Waals surface area contributed by atoms with Crippen LogP contribution in [0.15, 0.2) is 48.5 Å². The van der Waals surface area contributed by atoms with Crippen molar-refractivity contribution in [3.05, 3.63) is 64.1 Å². The second-order valence-corrected chi connectivity index (χ2v) is 7.60. The molecule has 1 N–H and O–H groups in total. The number of amides is 1. The average Bonchev–Trinajstić information content (AvgIpc) is 3.25. The van der Waals surface area contributed by atoms with E-state index in [9.17, 15) is 4.79 Å². The van der Waals surface area contributed by atoms with Crippen LogP contribution in [0.5, 0.6) is 17.4 Å². The molecule has 0 atom stereocenters. The number of hydrogen-bond acceptors (Lipinski definition) is 7. The zero-order valence-corrected chi connectivity index (χ0v) is 19.2. The Bertz CT molecular complexity index is 1310. The van der Waals surface area contributed by atoms with Crippen LogP contribution in [0.4, 0.5) is 0 Å². The van der Waals surface area contributed by atoms with Crippen LogP contribution in [0.25, 0.3) is 17.0 Å². The van der Waals surface area contributed by atoms with E-state index < -0.39 is 0 Å². The van der Waals surface area contributed by atoms with Crippen molar-refractivity contribution >= 4 is 34.8 Å². The number of benzene rings is 2. The van der Waals surface area contributed by atoms with E-state index in [-0.39, 0.29) is 19.1 Å². The second-order valence-electron chi connectivity index (χ2n) is 6.76. The Hall–Kier alpha value is -3.56. The summed E-state index contributed by atoms with van der Waals surface area (Å²) in [6.07, 6.45) is 0. The highest BCUT2D eigenvalue weighted by Crippen LogP contribution is 2.32. The Morgan fingerprint density at radius 3 is 2.67 bits per heavy atom. The van der Waals surface area contributed by atoms with Gasteiger partial charge in [-0.1, -0.05) is 23.2 Å². The van der Waals surface area contributed by atoms with Crippen LogP contribution in [0.3, 0.4) is 0 Å². The van der Waals surface area contributed by atoms with Gasteiger partial charge >= 0.3 is 0 Å². The van der Waals surface area contributed by atoms with Gasteiger partial charge in [-0.15, -0.1) is 15.3 Å². The molecule has 0 saturated heterocycles. The SMILES string of the molecule is COc1ccc(-c2nnc3ccc(OCCNC(=O)c4cc(Cl)ccc4Cl)nn23)c(OC)c1. The first-order valence-electron chi connectivity index (χ1n) is 9.81. The molecule has 0 fully saturated rings. The molecule has 0 radical (unpaired) electrons. The van der Waals surface area contributed by atoms with Gasteiger partial charge in [-0.2, -0.15) is 4.52 Å². The van der Waals surface area contributed by atoms with Crippen molar-refractivity contribution in [2.75, 3.05) is 27.4 Å². The van der Waals surface area contributed by atoms with E-state index in [1.165, 1.54) is 6.07 Å². The number of rotatable bonds is 8. The lowest BCUT2D eigenvalue weighted by molar-refractivity contribution is 0.0946. The average molecular weight is 488 g/mol. The van der Waals surface area contributed by atoms with Gasteiger partial charge in [0.2, 0.25) is 5.88 Å². The van der Waals surface area contributed by atoms with E-state index in [0.29, 0.717) is 50.0 Å². The maximum absolute atomic E-state index is 12.3. The molecule has 170 valence electrons.